The molecule has 4 rings (SSSR count). The second kappa shape index (κ2) is 10.5. The highest BCUT2D eigenvalue weighted by molar-refractivity contribution is 5.94. The number of aromatic nitrogens is 1. The van der Waals surface area contributed by atoms with Crippen LogP contribution in [0.15, 0.2) is 72.8 Å². The fraction of sp³-hybridized carbons (Fsp3) is 0.241. The smallest absolute Gasteiger partial charge is 0.254 e. The number of methoxy groups -OCH3 is 2. The van der Waals surface area contributed by atoms with Crippen LogP contribution in [0.2, 0.25) is 0 Å². The number of aryl methyl sites for hydroxylation is 2. The minimum atomic E-state index is -0.0259. The van der Waals surface area contributed by atoms with Crippen molar-refractivity contribution in [3.63, 3.8) is 0 Å². The molecule has 1 aromatic heterocycles. The summed E-state index contributed by atoms with van der Waals surface area (Å²) < 4.78 is 10.7. The predicted octanol–water partition coefficient (Wildman–Crippen LogP) is 5.82. The van der Waals surface area contributed by atoms with Gasteiger partial charge in [0.05, 0.1) is 24.9 Å². The molecule has 0 spiro atoms. The highest BCUT2D eigenvalue weighted by Crippen LogP contribution is 2.29. The molecular formula is C29H30N2O3. The predicted molar refractivity (Wildman–Crippen MR) is 136 cm³/mol. The van der Waals surface area contributed by atoms with Gasteiger partial charge in [0.15, 0.2) is 0 Å². The van der Waals surface area contributed by atoms with Crippen LogP contribution in [0.4, 0.5) is 0 Å². The van der Waals surface area contributed by atoms with Gasteiger partial charge in [-0.05, 0) is 55.8 Å². The number of fused-ring (bicyclic) bond motifs is 1. The zero-order valence-corrected chi connectivity index (χ0v) is 20.2. The van der Waals surface area contributed by atoms with Crippen molar-refractivity contribution in [3.8, 4) is 17.0 Å². The van der Waals surface area contributed by atoms with Gasteiger partial charge < -0.3 is 14.4 Å². The molecule has 4 aromatic rings. The van der Waals surface area contributed by atoms with E-state index in [0.29, 0.717) is 25.3 Å². The van der Waals surface area contributed by atoms with Gasteiger partial charge in [-0.2, -0.15) is 0 Å². The number of nitrogens with zero attached hydrogens (tertiary/aromatic N) is 2. The fourth-order valence-electron chi connectivity index (χ4n) is 4.02. The maximum atomic E-state index is 13.4. The van der Waals surface area contributed by atoms with Gasteiger partial charge >= 0.3 is 0 Å². The first-order valence-electron chi connectivity index (χ1n) is 11.4. The van der Waals surface area contributed by atoms with Crippen molar-refractivity contribution in [1.29, 1.82) is 0 Å². The quantitative estimate of drug-likeness (QED) is 0.337. The van der Waals surface area contributed by atoms with Crippen molar-refractivity contribution >= 4 is 16.8 Å². The Balaban J connectivity index is 1.80. The normalized spacial score (nSPS) is 10.9. The molecule has 0 radical (unpaired) electrons. The first-order chi connectivity index (χ1) is 16.5. The van der Waals surface area contributed by atoms with Gasteiger partial charge in [-0.25, -0.2) is 4.98 Å². The molecule has 0 aliphatic rings. The maximum absolute atomic E-state index is 13.4. The lowest BCUT2D eigenvalue weighted by Gasteiger charge is -2.24. The second-order valence-electron chi connectivity index (χ2n) is 8.51. The summed E-state index contributed by atoms with van der Waals surface area (Å²) in [6.45, 7) is 5.45. The van der Waals surface area contributed by atoms with Gasteiger partial charge in [0.2, 0.25) is 0 Å². The van der Waals surface area contributed by atoms with Crippen molar-refractivity contribution in [3.05, 3.63) is 95.1 Å². The van der Waals surface area contributed by atoms with Gasteiger partial charge in [-0.1, -0.05) is 41.5 Å². The Morgan fingerprint density at radius 1 is 0.912 bits per heavy atom. The van der Waals surface area contributed by atoms with Crippen molar-refractivity contribution < 1.29 is 14.3 Å². The molecular weight excluding hydrogens is 424 g/mol. The van der Waals surface area contributed by atoms with E-state index in [9.17, 15) is 4.79 Å². The molecule has 0 fully saturated rings. The molecule has 1 heterocycles. The second-order valence-corrected chi connectivity index (χ2v) is 8.51. The van der Waals surface area contributed by atoms with Gasteiger partial charge in [0, 0.05) is 42.8 Å². The highest BCUT2D eigenvalue weighted by atomic mass is 16.5. The molecule has 0 saturated heterocycles. The van der Waals surface area contributed by atoms with Crippen molar-refractivity contribution in [2.24, 2.45) is 0 Å². The summed E-state index contributed by atoms with van der Waals surface area (Å²) in [5.41, 5.74) is 6.67. The monoisotopic (exact) mass is 454 g/mol. The first kappa shape index (κ1) is 23.5. The lowest BCUT2D eigenvalue weighted by Crippen LogP contribution is -2.33. The molecule has 0 aliphatic heterocycles. The van der Waals surface area contributed by atoms with Crippen molar-refractivity contribution in [1.82, 2.24) is 9.88 Å². The van der Waals surface area contributed by atoms with E-state index in [1.54, 1.807) is 14.2 Å². The summed E-state index contributed by atoms with van der Waals surface area (Å²) in [6.07, 6.45) is 0. The van der Waals surface area contributed by atoms with E-state index in [2.05, 4.69) is 31.2 Å². The Labute approximate surface area is 201 Å². The molecule has 0 bridgehead atoms. The van der Waals surface area contributed by atoms with Gasteiger partial charge in [-0.3, -0.25) is 4.79 Å². The molecule has 1 amide bonds. The zero-order chi connectivity index (χ0) is 24.1. The largest absolute Gasteiger partial charge is 0.497 e. The molecule has 5 heteroatoms. The summed E-state index contributed by atoms with van der Waals surface area (Å²) in [5.74, 6) is 0.737. The third-order valence-corrected chi connectivity index (χ3v) is 5.91. The number of carbonyl (C=O) groups is 1. The number of pyridine rings is 1. The molecule has 0 unspecified atom stereocenters. The molecule has 0 N–H and O–H groups in total. The van der Waals surface area contributed by atoms with E-state index < -0.39 is 0 Å². The Bertz CT molecular complexity index is 1300. The Morgan fingerprint density at radius 3 is 2.41 bits per heavy atom. The average molecular weight is 455 g/mol. The number of benzene rings is 3. The van der Waals surface area contributed by atoms with Crippen molar-refractivity contribution in [2.45, 2.75) is 20.4 Å². The molecule has 3 aromatic carbocycles. The summed E-state index contributed by atoms with van der Waals surface area (Å²) in [5, 5.41) is 1.00. The standard InChI is InChI=1S/C29H30N2O3/c1-20-8-10-22(11-9-20)29(32)31(14-15-33-3)19-25-17-23-12-13-26(34-4)18-27(23)30-28(25)24-7-5-6-21(2)16-24/h5-13,16-18H,14-15,19H2,1-4H3. The zero-order valence-electron chi connectivity index (χ0n) is 20.2. The molecule has 0 aliphatic carbocycles. The fourth-order valence-corrected chi connectivity index (χ4v) is 4.02. The van der Waals surface area contributed by atoms with Crippen LogP contribution in [0.3, 0.4) is 0 Å². The van der Waals surface area contributed by atoms with Crippen LogP contribution in [0.25, 0.3) is 22.2 Å². The minimum absolute atomic E-state index is 0.0259. The van der Waals surface area contributed by atoms with Crippen LogP contribution in [-0.4, -0.2) is 43.2 Å². The number of ether oxygens (including phenoxy) is 2. The van der Waals surface area contributed by atoms with E-state index in [4.69, 9.17) is 14.5 Å². The summed E-state index contributed by atoms with van der Waals surface area (Å²) in [7, 11) is 3.30. The lowest BCUT2D eigenvalue weighted by molar-refractivity contribution is 0.0680. The van der Waals surface area contributed by atoms with Crippen LogP contribution in [-0.2, 0) is 11.3 Å². The minimum Gasteiger partial charge on any atom is -0.497 e. The van der Waals surface area contributed by atoms with E-state index in [1.165, 1.54) is 0 Å². The third kappa shape index (κ3) is 5.26. The summed E-state index contributed by atoms with van der Waals surface area (Å²) >= 11 is 0. The number of hydrogen-bond acceptors (Lipinski definition) is 4. The van der Waals surface area contributed by atoms with Gasteiger partial charge in [-0.15, -0.1) is 0 Å². The number of rotatable bonds is 8. The summed E-state index contributed by atoms with van der Waals surface area (Å²) in [6, 6.07) is 24.0. The summed E-state index contributed by atoms with van der Waals surface area (Å²) in [4.78, 5) is 20.3. The Kier molecular flexibility index (Phi) is 7.24. The SMILES string of the molecule is COCCN(Cc1cc2ccc(OC)cc2nc1-c1cccc(C)c1)C(=O)c1ccc(C)cc1. The maximum Gasteiger partial charge on any atom is 0.254 e. The molecule has 34 heavy (non-hydrogen) atoms. The molecule has 5 nitrogen and oxygen atoms in total. The average Bonchev–Trinajstić information content (AvgIpc) is 2.85. The lowest BCUT2D eigenvalue weighted by atomic mass is 10.0. The van der Waals surface area contributed by atoms with Crippen LogP contribution in [0, 0.1) is 13.8 Å². The van der Waals surface area contributed by atoms with Crippen LogP contribution in [0.1, 0.15) is 27.0 Å². The van der Waals surface area contributed by atoms with E-state index >= 15 is 0 Å². The number of amides is 1. The van der Waals surface area contributed by atoms with Crippen LogP contribution in [0.5, 0.6) is 5.75 Å². The van der Waals surface area contributed by atoms with Crippen molar-refractivity contribution in [2.75, 3.05) is 27.4 Å². The number of hydrogen-bond donors (Lipinski definition) is 0. The molecule has 174 valence electrons. The Morgan fingerprint density at radius 2 is 1.71 bits per heavy atom. The van der Waals surface area contributed by atoms with Gasteiger partial charge in [0.25, 0.3) is 5.91 Å². The van der Waals surface area contributed by atoms with Crippen LogP contribution < -0.4 is 4.74 Å². The molecule has 0 atom stereocenters. The highest BCUT2D eigenvalue weighted by Gasteiger charge is 2.19. The van der Waals surface area contributed by atoms with Crippen LogP contribution >= 0.6 is 0 Å². The van der Waals surface area contributed by atoms with Gasteiger partial charge in [0.1, 0.15) is 5.75 Å². The first-order valence-corrected chi connectivity index (χ1v) is 11.4. The van der Waals surface area contributed by atoms with E-state index in [1.807, 2.05) is 60.4 Å². The third-order valence-electron chi connectivity index (χ3n) is 5.91. The Hall–Kier alpha value is -3.70. The number of carbonyl (C=O) groups excluding carboxylic acids is 1. The topological polar surface area (TPSA) is 51.7 Å². The van der Waals surface area contributed by atoms with E-state index in [0.717, 1.165) is 44.6 Å². The molecule has 0 saturated carbocycles. The van der Waals surface area contributed by atoms with E-state index in [-0.39, 0.29) is 5.91 Å².